The lowest BCUT2D eigenvalue weighted by atomic mass is 10.2. The standard InChI is InChI=1S/C14H29O8P2/c1-6-19-23(16,20-7-2)14(12-10-11-13(15)18-5)24(17,21-8-3)22-9-4/h14H,5-12H2,1-4H3. The fourth-order valence-electron chi connectivity index (χ4n) is 2.13. The molecule has 0 aromatic rings. The predicted octanol–water partition coefficient (Wildman–Crippen LogP) is 4.35. The first-order chi connectivity index (χ1) is 11.3. The molecule has 0 bridgehead atoms. The van der Waals surface area contributed by atoms with Crippen LogP contribution in [-0.2, 0) is 36.8 Å². The highest BCUT2D eigenvalue weighted by Gasteiger charge is 2.50. The Balaban J connectivity index is 5.56. The van der Waals surface area contributed by atoms with Gasteiger partial charge in [0.05, 0.1) is 26.4 Å². The van der Waals surface area contributed by atoms with E-state index in [2.05, 4.69) is 11.8 Å². The zero-order valence-electron chi connectivity index (χ0n) is 14.9. The SMILES string of the molecule is [CH2]OC(=O)CCCC(P(=O)(OCC)OCC)P(=O)(OCC)OCC. The van der Waals surface area contributed by atoms with Gasteiger partial charge in [-0.05, 0) is 40.5 Å². The van der Waals surface area contributed by atoms with Crippen molar-refractivity contribution in [2.24, 2.45) is 0 Å². The van der Waals surface area contributed by atoms with E-state index in [1.54, 1.807) is 27.7 Å². The summed E-state index contributed by atoms with van der Waals surface area (Å²) >= 11 is 0. The van der Waals surface area contributed by atoms with E-state index in [-0.39, 0.29) is 45.7 Å². The zero-order valence-corrected chi connectivity index (χ0v) is 16.7. The Kier molecular flexibility index (Phi) is 12.1. The molecule has 0 spiro atoms. The Hall–Kier alpha value is -0.230. The molecule has 0 aliphatic rings. The smallest absolute Gasteiger partial charge is 0.345 e. The lowest BCUT2D eigenvalue weighted by Crippen LogP contribution is -2.18. The van der Waals surface area contributed by atoms with Gasteiger partial charge >= 0.3 is 21.2 Å². The van der Waals surface area contributed by atoms with Crippen LogP contribution >= 0.6 is 15.2 Å². The maximum absolute atomic E-state index is 13.1. The topological polar surface area (TPSA) is 97.4 Å². The van der Waals surface area contributed by atoms with Crippen molar-refractivity contribution in [3.63, 3.8) is 0 Å². The second-order valence-electron chi connectivity index (χ2n) is 4.64. The fraction of sp³-hybridized carbons (Fsp3) is 0.857. The molecule has 0 amide bonds. The molecule has 0 aliphatic carbocycles. The zero-order chi connectivity index (χ0) is 18.6. The highest BCUT2D eigenvalue weighted by Crippen LogP contribution is 2.71. The average Bonchev–Trinajstić information content (AvgIpc) is 2.51. The summed E-state index contributed by atoms with van der Waals surface area (Å²) in [6, 6.07) is 0. The monoisotopic (exact) mass is 387 g/mol. The Labute approximate surface area is 144 Å². The lowest BCUT2D eigenvalue weighted by Gasteiger charge is -2.31. The fourth-order valence-corrected chi connectivity index (χ4v) is 7.59. The number of rotatable bonds is 14. The van der Waals surface area contributed by atoms with E-state index < -0.39 is 26.6 Å². The minimum Gasteiger partial charge on any atom is -0.462 e. The normalized spacial score (nSPS) is 12.6. The van der Waals surface area contributed by atoms with Crippen LogP contribution in [0.25, 0.3) is 0 Å². The molecule has 0 unspecified atom stereocenters. The summed E-state index contributed by atoms with van der Waals surface area (Å²) in [5, 5.41) is -1.11. The number of carbonyl (C=O) groups excluding carboxylic acids is 1. The molecule has 0 atom stereocenters. The molecule has 0 aromatic heterocycles. The largest absolute Gasteiger partial charge is 0.462 e. The molecule has 1 radical (unpaired) electrons. The molecular weight excluding hydrogens is 358 g/mol. The van der Waals surface area contributed by atoms with Crippen molar-refractivity contribution >= 4 is 21.2 Å². The van der Waals surface area contributed by atoms with Gasteiger partial charge < -0.3 is 22.8 Å². The summed E-state index contributed by atoms with van der Waals surface area (Å²) < 4.78 is 52.0. The Morgan fingerprint density at radius 2 is 1.25 bits per heavy atom. The van der Waals surface area contributed by atoms with E-state index in [1.807, 2.05) is 0 Å². The van der Waals surface area contributed by atoms with Crippen molar-refractivity contribution < 1.29 is 36.8 Å². The van der Waals surface area contributed by atoms with Crippen LogP contribution in [0.15, 0.2) is 0 Å². The van der Waals surface area contributed by atoms with Crippen LogP contribution < -0.4 is 0 Å². The van der Waals surface area contributed by atoms with Gasteiger partial charge in [0.1, 0.15) is 7.11 Å². The summed E-state index contributed by atoms with van der Waals surface area (Å²) in [5.74, 6) is -0.515. The van der Waals surface area contributed by atoms with Gasteiger partial charge in [-0.1, -0.05) is 0 Å². The molecule has 0 rings (SSSR count). The third-order valence-corrected chi connectivity index (χ3v) is 9.12. The van der Waals surface area contributed by atoms with Crippen LogP contribution in [0.4, 0.5) is 0 Å². The Morgan fingerprint density at radius 1 is 0.875 bits per heavy atom. The van der Waals surface area contributed by atoms with Gasteiger partial charge in [-0.25, -0.2) is 0 Å². The van der Waals surface area contributed by atoms with Crippen LogP contribution in [0.1, 0.15) is 47.0 Å². The van der Waals surface area contributed by atoms with E-state index in [1.165, 1.54) is 0 Å². The summed E-state index contributed by atoms with van der Waals surface area (Å²) in [7, 11) is -4.48. The number of ether oxygens (including phenoxy) is 1. The Bertz CT molecular complexity index is 404. The molecule has 143 valence electrons. The van der Waals surface area contributed by atoms with Crippen molar-refractivity contribution in [3.8, 4) is 0 Å². The second-order valence-corrected chi connectivity index (χ2v) is 9.49. The first kappa shape index (κ1) is 23.8. The number of esters is 1. The minimum atomic E-state index is -3.76. The lowest BCUT2D eigenvalue weighted by molar-refractivity contribution is -0.138. The number of carbonyl (C=O) groups is 1. The van der Waals surface area contributed by atoms with Crippen molar-refractivity contribution in [2.45, 2.75) is 52.4 Å². The molecule has 10 heteroatoms. The number of hydrogen-bond acceptors (Lipinski definition) is 8. The van der Waals surface area contributed by atoms with Gasteiger partial charge in [0.25, 0.3) is 0 Å². The molecule has 0 N–H and O–H groups in total. The van der Waals surface area contributed by atoms with Crippen molar-refractivity contribution in [1.29, 1.82) is 0 Å². The van der Waals surface area contributed by atoms with Crippen molar-refractivity contribution in [2.75, 3.05) is 26.4 Å². The second kappa shape index (κ2) is 12.2. The van der Waals surface area contributed by atoms with Crippen LogP contribution in [0.2, 0.25) is 0 Å². The maximum atomic E-state index is 13.1. The van der Waals surface area contributed by atoms with E-state index in [4.69, 9.17) is 18.1 Å². The van der Waals surface area contributed by atoms with E-state index in [0.717, 1.165) is 0 Å². The summed E-state index contributed by atoms with van der Waals surface area (Å²) in [6.07, 6.45) is 0.396. The summed E-state index contributed by atoms with van der Waals surface area (Å²) in [5.41, 5.74) is 0. The minimum absolute atomic E-state index is 0.0382. The van der Waals surface area contributed by atoms with Gasteiger partial charge in [-0.2, -0.15) is 0 Å². The van der Waals surface area contributed by atoms with Crippen molar-refractivity contribution in [1.82, 2.24) is 0 Å². The highest BCUT2D eigenvalue weighted by molar-refractivity contribution is 7.72. The van der Waals surface area contributed by atoms with Crippen LogP contribution in [0.3, 0.4) is 0 Å². The third-order valence-electron chi connectivity index (χ3n) is 2.97. The summed E-state index contributed by atoms with van der Waals surface area (Å²) in [4.78, 5) is 11.2. The predicted molar refractivity (Wildman–Crippen MR) is 90.8 cm³/mol. The molecule has 0 saturated heterocycles. The van der Waals surface area contributed by atoms with Gasteiger partial charge in [-0.3, -0.25) is 13.9 Å². The quantitative estimate of drug-likeness (QED) is 0.321. The average molecular weight is 387 g/mol. The number of hydrogen-bond donors (Lipinski definition) is 0. The van der Waals surface area contributed by atoms with Crippen molar-refractivity contribution in [3.05, 3.63) is 7.11 Å². The third kappa shape index (κ3) is 7.34. The summed E-state index contributed by atoms with van der Waals surface area (Å²) in [6.45, 7) is 7.12. The Morgan fingerprint density at radius 3 is 1.54 bits per heavy atom. The highest BCUT2D eigenvalue weighted by atomic mass is 31.2. The van der Waals surface area contributed by atoms with E-state index in [0.29, 0.717) is 0 Å². The molecule has 0 heterocycles. The van der Waals surface area contributed by atoms with Crippen LogP contribution in [0, 0.1) is 7.11 Å². The van der Waals surface area contributed by atoms with E-state index in [9.17, 15) is 13.9 Å². The molecule has 0 aromatic carbocycles. The van der Waals surface area contributed by atoms with Gasteiger partial charge in [-0.15, -0.1) is 0 Å². The molecule has 8 nitrogen and oxygen atoms in total. The van der Waals surface area contributed by atoms with Crippen LogP contribution in [-0.4, -0.2) is 37.8 Å². The molecule has 24 heavy (non-hydrogen) atoms. The maximum Gasteiger partial charge on any atom is 0.345 e. The van der Waals surface area contributed by atoms with E-state index >= 15 is 0 Å². The molecular formula is C14H29O8P2. The van der Waals surface area contributed by atoms with Gasteiger partial charge in [0.2, 0.25) is 0 Å². The molecule has 0 fully saturated rings. The molecule has 0 saturated carbocycles. The molecule has 0 aliphatic heterocycles. The van der Waals surface area contributed by atoms with Crippen LogP contribution in [0.5, 0.6) is 0 Å². The van der Waals surface area contributed by atoms with Gasteiger partial charge in [0, 0.05) is 6.42 Å². The first-order valence-electron chi connectivity index (χ1n) is 8.05. The van der Waals surface area contributed by atoms with Gasteiger partial charge in [0.15, 0.2) is 5.40 Å². The first-order valence-corrected chi connectivity index (χ1v) is 11.3.